The summed E-state index contributed by atoms with van der Waals surface area (Å²) < 4.78 is 0. The van der Waals surface area contributed by atoms with Crippen LogP contribution < -0.4 is 5.43 Å². The van der Waals surface area contributed by atoms with Crippen molar-refractivity contribution in [1.29, 1.82) is 5.26 Å². The molecule has 0 aromatic carbocycles. The number of hydrazone groups is 1. The van der Waals surface area contributed by atoms with Gasteiger partial charge in [0.2, 0.25) is 0 Å². The van der Waals surface area contributed by atoms with E-state index in [0.29, 0.717) is 10.3 Å². The fraction of sp³-hybridized carbons (Fsp3) is 0.583. The molecule has 118 valence electrons. The van der Waals surface area contributed by atoms with Gasteiger partial charge in [0.1, 0.15) is 0 Å². The monoisotopic (exact) mass is 337 g/mol. The molecule has 0 saturated heterocycles. The second kappa shape index (κ2) is 7.62. The molecule has 0 bridgehead atoms. The fourth-order valence-electron chi connectivity index (χ4n) is 1.68. The lowest BCUT2D eigenvalue weighted by Gasteiger charge is -2.36. The predicted molar refractivity (Wildman–Crippen MR) is 95.0 cm³/mol. The summed E-state index contributed by atoms with van der Waals surface area (Å²) in [5.41, 5.74) is 1.59. The van der Waals surface area contributed by atoms with E-state index in [1.54, 1.807) is 0 Å². The molecule has 0 amide bonds. The van der Waals surface area contributed by atoms with Crippen LogP contribution in [0.5, 0.6) is 0 Å². The Labute approximate surface area is 138 Å². The van der Waals surface area contributed by atoms with Gasteiger partial charge in [0.25, 0.3) is 0 Å². The highest BCUT2D eigenvalue weighted by Gasteiger charge is 2.37. The molecule has 2 aliphatic heterocycles. The standard InChI is InChI=1S/C12H17N8S2/c1-20(2)4-5-22-10-16-9(6-14-18-10)12(7-13)8-15-19-11(17-12)21-3/h6,8-9H,4-5H2,1-3H3,(H-,16,17,18,19)/q-1. The van der Waals surface area contributed by atoms with E-state index >= 15 is 0 Å². The molecule has 0 radical (unpaired) electrons. The number of aliphatic imine (C=N–C) groups is 1. The Hall–Kier alpha value is -1.57. The first kappa shape index (κ1) is 16.8. The number of amidine groups is 2. The van der Waals surface area contributed by atoms with Crippen LogP contribution in [0.2, 0.25) is 0 Å². The predicted octanol–water partition coefficient (Wildman–Crippen LogP) is 0.949. The van der Waals surface area contributed by atoms with Crippen molar-refractivity contribution in [2.45, 2.75) is 11.6 Å². The maximum absolute atomic E-state index is 9.58. The van der Waals surface area contributed by atoms with Gasteiger partial charge in [0.05, 0.1) is 12.3 Å². The topological polar surface area (TPSA) is 103 Å². The quantitative estimate of drug-likeness (QED) is 0.823. The summed E-state index contributed by atoms with van der Waals surface area (Å²) in [6, 6.07) is 1.68. The number of rotatable bonds is 4. The van der Waals surface area contributed by atoms with Gasteiger partial charge in [-0.05, 0) is 25.5 Å². The van der Waals surface area contributed by atoms with Crippen LogP contribution >= 0.6 is 23.5 Å². The zero-order valence-corrected chi connectivity index (χ0v) is 14.2. The zero-order valence-electron chi connectivity index (χ0n) is 12.6. The number of nitrogens with zero attached hydrogens (tertiary/aromatic N) is 7. The average Bonchev–Trinajstić information content (AvgIpc) is 2.54. The van der Waals surface area contributed by atoms with Crippen molar-refractivity contribution in [2.75, 3.05) is 32.6 Å². The second-order valence-corrected chi connectivity index (χ2v) is 6.66. The van der Waals surface area contributed by atoms with E-state index in [4.69, 9.17) is 0 Å². The molecule has 22 heavy (non-hydrogen) atoms. The minimum Gasteiger partial charge on any atom is -0.447 e. The third-order valence-corrected chi connectivity index (χ3v) is 4.30. The Balaban J connectivity index is 2.07. The van der Waals surface area contributed by atoms with Gasteiger partial charge in [-0.3, -0.25) is 10.5 Å². The van der Waals surface area contributed by atoms with Gasteiger partial charge < -0.3 is 15.3 Å². The summed E-state index contributed by atoms with van der Waals surface area (Å²) >= 11 is 2.91. The third-order valence-electron chi connectivity index (χ3n) is 2.90. The van der Waals surface area contributed by atoms with Crippen LogP contribution in [-0.2, 0) is 0 Å². The molecule has 2 rings (SSSR count). The first-order valence-corrected chi connectivity index (χ1v) is 8.75. The molecule has 8 nitrogen and oxygen atoms in total. The SMILES string of the molecule is CSC1=NC(C#N)(C2C=NN=C(SCCN(C)C)[N-]2)C=NN1. The highest BCUT2D eigenvalue weighted by molar-refractivity contribution is 8.14. The molecule has 2 atom stereocenters. The van der Waals surface area contributed by atoms with E-state index < -0.39 is 11.6 Å². The molecule has 2 aliphatic rings. The van der Waals surface area contributed by atoms with E-state index in [9.17, 15) is 5.26 Å². The molecule has 1 N–H and O–H groups in total. The number of thioether (sulfide) groups is 2. The summed E-state index contributed by atoms with van der Waals surface area (Å²) in [6.07, 6.45) is 4.88. The molecule has 0 aromatic rings. The van der Waals surface area contributed by atoms with Gasteiger partial charge in [-0.2, -0.15) is 10.4 Å². The van der Waals surface area contributed by atoms with E-state index in [-0.39, 0.29) is 0 Å². The lowest BCUT2D eigenvalue weighted by atomic mass is 9.94. The summed E-state index contributed by atoms with van der Waals surface area (Å²) in [4.78, 5) is 6.50. The van der Waals surface area contributed by atoms with E-state index in [2.05, 4.69) is 42.0 Å². The van der Waals surface area contributed by atoms with Crippen LogP contribution in [0.15, 0.2) is 20.3 Å². The molecule has 0 aliphatic carbocycles. The van der Waals surface area contributed by atoms with Gasteiger partial charge in [0, 0.05) is 24.6 Å². The lowest BCUT2D eigenvalue weighted by Crippen LogP contribution is -2.47. The summed E-state index contributed by atoms with van der Waals surface area (Å²) in [7, 11) is 4.02. The number of nitriles is 1. The Morgan fingerprint density at radius 3 is 3.05 bits per heavy atom. The van der Waals surface area contributed by atoms with Crippen LogP contribution in [-0.4, -0.2) is 71.9 Å². The van der Waals surface area contributed by atoms with Gasteiger partial charge in [0.15, 0.2) is 10.7 Å². The first-order chi connectivity index (χ1) is 10.6. The third kappa shape index (κ3) is 4.00. The number of hydrogen-bond donors (Lipinski definition) is 1. The van der Waals surface area contributed by atoms with Crippen LogP contribution in [0.25, 0.3) is 5.32 Å². The van der Waals surface area contributed by atoms with Crippen LogP contribution in [0.1, 0.15) is 0 Å². The van der Waals surface area contributed by atoms with Crippen molar-refractivity contribution in [3.8, 4) is 6.07 Å². The van der Waals surface area contributed by atoms with Crippen molar-refractivity contribution < 1.29 is 0 Å². The van der Waals surface area contributed by atoms with Gasteiger partial charge in [-0.15, -0.1) is 11.8 Å². The Bertz CT molecular complexity index is 562. The van der Waals surface area contributed by atoms with Crippen molar-refractivity contribution >= 4 is 46.3 Å². The summed E-state index contributed by atoms with van der Waals surface area (Å²) in [6.45, 7) is 0.914. The summed E-state index contributed by atoms with van der Waals surface area (Å²) in [5.74, 6) is 0.853. The minimum atomic E-state index is -1.17. The molecule has 10 heteroatoms. The normalized spacial score (nSPS) is 26.8. The van der Waals surface area contributed by atoms with Gasteiger partial charge in [-0.1, -0.05) is 11.8 Å². The highest BCUT2D eigenvalue weighted by atomic mass is 32.2. The largest absolute Gasteiger partial charge is 0.447 e. The van der Waals surface area contributed by atoms with E-state index in [1.165, 1.54) is 36.0 Å². The van der Waals surface area contributed by atoms with Crippen LogP contribution in [0, 0.1) is 11.3 Å². The highest BCUT2D eigenvalue weighted by Crippen LogP contribution is 2.27. The Morgan fingerprint density at radius 1 is 1.55 bits per heavy atom. The molecule has 0 fully saturated rings. The summed E-state index contributed by atoms with van der Waals surface area (Å²) in [5, 5.41) is 27.2. The molecule has 2 unspecified atom stereocenters. The Kier molecular flexibility index (Phi) is 5.82. The van der Waals surface area contributed by atoms with Gasteiger partial charge in [-0.25, -0.2) is 4.99 Å². The Morgan fingerprint density at radius 2 is 2.36 bits per heavy atom. The smallest absolute Gasteiger partial charge is 0.193 e. The fourth-order valence-corrected chi connectivity index (χ4v) is 3.00. The maximum Gasteiger partial charge on any atom is 0.193 e. The minimum absolute atomic E-state index is 0.523. The first-order valence-electron chi connectivity index (χ1n) is 6.54. The average molecular weight is 337 g/mol. The number of nitrogens with one attached hydrogen (secondary N) is 1. The molecule has 2 heterocycles. The molecular weight excluding hydrogens is 320 g/mol. The van der Waals surface area contributed by atoms with E-state index in [0.717, 1.165) is 12.3 Å². The maximum atomic E-state index is 9.58. The van der Waals surface area contributed by atoms with Crippen LogP contribution in [0.3, 0.4) is 0 Å². The van der Waals surface area contributed by atoms with Crippen molar-refractivity contribution in [2.24, 2.45) is 20.3 Å². The molecule has 0 spiro atoms. The van der Waals surface area contributed by atoms with Gasteiger partial charge >= 0.3 is 0 Å². The van der Waals surface area contributed by atoms with Crippen molar-refractivity contribution in [1.82, 2.24) is 10.3 Å². The van der Waals surface area contributed by atoms with Crippen molar-refractivity contribution in [3.63, 3.8) is 0 Å². The second-order valence-electron chi connectivity index (χ2n) is 4.80. The molecule has 0 aromatic heterocycles. The lowest BCUT2D eigenvalue weighted by molar-refractivity contribution is 0.437. The zero-order chi connectivity index (χ0) is 16.0. The molecular formula is C12H17N8S2-. The van der Waals surface area contributed by atoms with Crippen molar-refractivity contribution in [3.05, 3.63) is 5.32 Å². The van der Waals surface area contributed by atoms with E-state index in [1.807, 2.05) is 20.4 Å². The molecule has 0 saturated carbocycles. The van der Waals surface area contributed by atoms with Crippen LogP contribution in [0.4, 0.5) is 0 Å². The number of hydrogen-bond acceptors (Lipinski definition) is 9.